The molecule has 1 aliphatic heterocycles. The van der Waals surface area contributed by atoms with Gasteiger partial charge in [0.25, 0.3) is 0 Å². The van der Waals surface area contributed by atoms with Crippen molar-refractivity contribution in [3.63, 3.8) is 0 Å². The van der Waals surface area contributed by atoms with E-state index in [4.69, 9.17) is 0 Å². The lowest BCUT2D eigenvalue weighted by atomic mass is 9.84. The number of hydrogen-bond acceptors (Lipinski definition) is 2. The Balaban J connectivity index is 1.76. The summed E-state index contributed by atoms with van der Waals surface area (Å²) in [7, 11) is 0. The molecule has 0 spiro atoms. The van der Waals surface area contributed by atoms with Crippen molar-refractivity contribution in [1.82, 2.24) is 4.90 Å². The minimum absolute atomic E-state index is 0.0300. The van der Waals surface area contributed by atoms with E-state index in [1.54, 1.807) is 0 Å². The predicted molar refractivity (Wildman–Crippen MR) is 58.2 cm³/mol. The molecule has 2 aliphatic rings. The van der Waals surface area contributed by atoms with Crippen LogP contribution in [-0.2, 0) is 0 Å². The lowest BCUT2D eigenvalue weighted by Gasteiger charge is -2.39. The van der Waals surface area contributed by atoms with Crippen LogP contribution in [0.25, 0.3) is 0 Å². The van der Waals surface area contributed by atoms with Gasteiger partial charge < -0.3 is 10.0 Å². The van der Waals surface area contributed by atoms with Gasteiger partial charge in [-0.05, 0) is 37.5 Å². The third kappa shape index (κ3) is 2.29. The summed E-state index contributed by atoms with van der Waals surface area (Å²) in [6.45, 7) is 5.74. The highest BCUT2D eigenvalue weighted by Crippen LogP contribution is 2.29. The number of hydrogen-bond donors (Lipinski definition) is 1. The van der Waals surface area contributed by atoms with Gasteiger partial charge in [0.05, 0.1) is 6.10 Å². The molecule has 2 rings (SSSR count). The number of piperidine rings is 1. The molecule has 1 saturated heterocycles. The molecular weight excluding hydrogens is 174 g/mol. The fourth-order valence-corrected chi connectivity index (χ4v) is 2.70. The number of aliphatic hydroxyl groups is 1. The first kappa shape index (κ1) is 10.4. The minimum Gasteiger partial charge on any atom is -0.393 e. The van der Waals surface area contributed by atoms with Gasteiger partial charge in [0.1, 0.15) is 0 Å². The van der Waals surface area contributed by atoms with Crippen LogP contribution >= 0.6 is 0 Å². The highest BCUT2D eigenvalue weighted by atomic mass is 16.3. The highest BCUT2D eigenvalue weighted by molar-refractivity contribution is 4.82. The van der Waals surface area contributed by atoms with Gasteiger partial charge in [0.2, 0.25) is 0 Å². The largest absolute Gasteiger partial charge is 0.393 e. The lowest BCUT2D eigenvalue weighted by Crippen LogP contribution is -2.45. The lowest BCUT2D eigenvalue weighted by molar-refractivity contribution is 0.0145. The molecule has 2 fully saturated rings. The molecule has 0 bridgehead atoms. The van der Waals surface area contributed by atoms with Crippen LogP contribution in [0.3, 0.4) is 0 Å². The Morgan fingerprint density at radius 3 is 2.64 bits per heavy atom. The zero-order valence-electron chi connectivity index (χ0n) is 9.28. The van der Waals surface area contributed by atoms with Crippen LogP contribution in [0.15, 0.2) is 0 Å². The Morgan fingerprint density at radius 1 is 1.29 bits per heavy atom. The van der Waals surface area contributed by atoms with Crippen LogP contribution < -0.4 is 0 Å². The SMILES string of the molecule is CCC1CN(CC2CCC2)CCC1O. The molecule has 1 saturated carbocycles. The summed E-state index contributed by atoms with van der Waals surface area (Å²) in [5, 5.41) is 9.77. The van der Waals surface area contributed by atoms with E-state index in [0.717, 1.165) is 31.8 Å². The second-order valence-electron chi connectivity index (χ2n) is 5.08. The third-order valence-electron chi connectivity index (χ3n) is 4.04. The summed E-state index contributed by atoms with van der Waals surface area (Å²) < 4.78 is 0. The Morgan fingerprint density at radius 2 is 2.07 bits per heavy atom. The van der Waals surface area contributed by atoms with Gasteiger partial charge in [-0.3, -0.25) is 0 Å². The summed E-state index contributed by atoms with van der Waals surface area (Å²) in [5.74, 6) is 1.51. The monoisotopic (exact) mass is 197 g/mol. The van der Waals surface area contributed by atoms with E-state index in [-0.39, 0.29) is 6.10 Å². The summed E-state index contributed by atoms with van der Waals surface area (Å²) in [6.07, 6.45) is 6.41. The van der Waals surface area contributed by atoms with E-state index < -0.39 is 0 Å². The molecular formula is C12H23NO. The second-order valence-corrected chi connectivity index (χ2v) is 5.08. The molecule has 1 aliphatic carbocycles. The zero-order chi connectivity index (χ0) is 9.97. The van der Waals surface area contributed by atoms with Gasteiger partial charge in [0, 0.05) is 19.6 Å². The minimum atomic E-state index is -0.0300. The first-order valence-electron chi connectivity index (χ1n) is 6.20. The first-order valence-corrected chi connectivity index (χ1v) is 6.20. The van der Waals surface area contributed by atoms with Crippen molar-refractivity contribution in [2.45, 2.75) is 45.1 Å². The van der Waals surface area contributed by atoms with Crippen LogP contribution in [0, 0.1) is 11.8 Å². The van der Waals surface area contributed by atoms with Crippen molar-refractivity contribution in [3.8, 4) is 0 Å². The van der Waals surface area contributed by atoms with E-state index in [2.05, 4.69) is 11.8 Å². The summed E-state index contributed by atoms with van der Waals surface area (Å²) >= 11 is 0. The molecule has 0 amide bonds. The molecule has 14 heavy (non-hydrogen) atoms. The van der Waals surface area contributed by atoms with Crippen molar-refractivity contribution >= 4 is 0 Å². The Hall–Kier alpha value is -0.0800. The molecule has 1 N–H and O–H groups in total. The molecule has 0 aromatic carbocycles. The average Bonchev–Trinajstić information content (AvgIpc) is 2.14. The molecule has 82 valence electrons. The smallest absolute Gasteiger partial charge is 0.0592 e. The van der Waals surface area contributed by atoms with Gasteiger partial charge in [-0.2, -0.15) is 0 Å². The van der Waals surface area contributed by atoms with Crippen LogP contribution in [0.5, 0.6) is 0 Å². The maximum Gasteiger partial charge on any atom is 0.0592 e. The van der Waals surface area contributed by atoms with Gasteiger partial charge in [-0.1, -0.05) is 13.3 Å². The number of rotatable bonds is 3. The molecule has 2 unspecified atom stereocenters. The quantitative estimate of drug-likeness (QED) is 0.746. The Labute approximate surface area is 87.3 Å². The third-order valence-corrected chi connectivity index (χ3v) is 4.04. The summed E-state index contributed by atoms with van der Waals surface area (Å²) in [6, 6.07) is 0. The fraction of sp³-hybridized carbons (Fsp3) is 1.00. The van der Waals surface area contributed by atoms with E-state index in [0.29, 0.717) is 5.92 Å². The van der Waals surface area contributed by atoms with Crippen molar-refractivity contribution in [2.75, 3.05) is 19.6 Å². The first-order chi connectivity index (χ1) is 6.79. The fourth-order valence-electron chi connectivity index (χ4n) is 2.70. The van der Waals surface area contributed by atoms with E-state index >= 15 is 0 Å². The molecule has 1 heterocycles. The summed E-state index contributed by atoms with van der Waals surface area (Å²) in [5.41, 5.74) is 0. The molecule has 0 aromatic rings. The maximum absolute atomic E-state index is 9.77. The van der Waals surface area contributed by atoms with Crippen LogP contribution in [-0.4, -0.2) is 35.7 Å². The van der Waals surface area contributed by atoms with Crippen molar-refractivity contribution < 1.29 is 5.11 Å². The molecule has 2 atom stereocenters. The highest BCUT2D eigenvalue weighted by Gasteiger charge is 2.28. The molecule has 0 radical (unpaired) electrons. The predicted octanol–water partition coefficient (Wildman–Crippen LogP) is 1.88. The van der Waals surface area contributed by atoms with E-state index in [9.17, 15) is 5.11 Å². The number of likely N-dealkylation sites (tertiary alicyclic amines) is 1. The number of aliphatic hydroxyl groups excluding tert-OH is 1. The van der Waals surface area contributed by atoms with Gasteiger partial charge in [0.15, 0.2) is 0 Å². The average molecular weight is 197 g/mol. The standard InChI is InChI=1S/C12H23NO/c1-2-11-9-13(7-6-12(11)14)8-10-4-3-5-10/h10-12,14H,2-9H2,1H3. The topological polar surface area (TPSA) is 23.5 Å². The van der Waals surface area contributed by atoms with Gasteiger partial charge in [-0.25, -0.2) is 0 Å². The van der Waals surface area contributed by atoms with E-state index in [1.807, 2.05) is 0 Å². The number of nitrogens with zero attached hydrogens (tertiary/aromatic N) is 1. The van der Waals surface area contributed by atoms with Crippen molar-refractivity contribution in [3.05, 3.63) is 0 Å². The van der Waals surface area contributed by atoms with Crippen LogP contribution in [0.2, 0.25) is 0 Å². The van der Waals surface area contributed by atoms with Gasteiger partial charge >= 0.3 is 0 Å². The molecule has 2 nitrogen and oxygen atoms in total. The van der Waals surface area contributed by atoms with Gasteiger partial charge in [-0.15, -0.1) is 0 Å². The van der Waals surface area contributed by atoms with E-state index in [1.165, 1.54) is 25.8 Å². The van der Waals surface area contributed by atoms with Crippen molar-refractivity contribution in [1.29, 1.82) is 0 Å². The van der Waals surface area contributed by atoms with Crippen molar-refractivity contribution in [2.24, 2.45) is 11.8 Å². The second kappa shape index (κ2) is 4.63. The van der Waals surface area contributed by atoms with Crippen LogP contribution in [0.1, 0.15) is 39.0 Å². The summed E-state index contributed by atoms with van der Waals surface area (Å²) in [4.78, 5) is 2.57. The molecule has 2 heteroatoms. The Kier molecular flexibility index (Phi) is 3.45. The maximum atomic E-state index is 9.77. The Bertz CT molecular complexity index is 179. The zero-order valence-corrected chi connectivity index (χ0v) is 9.28. The van der Waals surface area contributed by atoms with Crippen LogP contribution in [0.4, 0.5) is 0 Å². The molecule has 0 aromatic heterocycles. The normalized spacial score (nSPS) is 35.6.